The van der Waals surface area contributed by atoms with Crippen molar-refractivity contribution in [2.75, 3.05) is 0 Å². The maximum absolute atomic E-state index is 6.13. The van der Waals surface area contributed by atoms with Gasteiger partial charge in [-0.25, -0.2) is 0 Å². The van der Waals surface area contributed by atoms with Gasteiger partial charge in [0.1, 0.15) is 11.8 Å². The number of hydrogen-bond acceptors (Lipinski definition) is 3. The lowest BCUT2D eigenvalue weighted by Crippen LogP contribution is -2.12. The summed E-state index contributed by atoms with van der Waals surface area (Å²) in [5.74, 6) is 0.664. The second kappa shape index (κ2) is 4.44. The first-order valence-electron chi connectivity index (χ1n) is 5.60. The Morgan fingerprint density at radius 1 is 1.17 bits per heavy atom. The average molecular weight is 259 g/mol. The summed E-state index contributed by atoms with van der Waals surface area (Å²) in [4.78, 5) is 4.23. The lowest BCUT2D eigenvalue weighted by molar-refractivity contribution is 0.521. The molecule has 1 unspecified atom stereocenters. The Balaban J connectivity index is 2.07. The average Bonchev–Trinajstić information content (AvgIpc) is 2.84. The first-order chi connectivity index (χ1) is 8.75. The first-order valence-corrected chi connectivity index (χ1v) is 5.98. The van der Waals surface area contributed by atoms with Crippen LogP contribution in [0.3, 0.4) is 0 Å². The molecule has 3 rings (SSSR count). The van der Waals surface area contributed by atoms with Gasteiger partial charge in [0.05, 0.1) is 10.7 Å². The monoisotopic (exact) mass is 258 g/mol. The number of nitrogens with two attached hydrogens (primary N) is 1. The van der Waals surface area contributed by atoms with Crippen molar-refractivity contribution in [2.45, 2.75) is 6.04 Å². The van der Waals surface area contributed by atoms with Crippen LogP contribution in [0.25, 0.3) is 11.0 Å². The van der Waals surface area contributed by atoms with Crippen LogP contribution in [0.15, 0.2) is 53.1 Å². The van der Waals surface area contributed by atoms with Crippen molar-refractivity contribution < 1.29 is 4.42 Å². The molecule has 0 bridgehead atoms. The molecule has 0 radical (unpaired) electrons. The molecule has 0 spiro atoms. The van der Waals surface area contributed by atoms with Crippen molar-refractivity contribution in [3.63, 3.8) is 0 Å². The summed E-state index contributed by atoms with van der Waals surface area (Å²) in [6, 6.07) is 12.8. The molecule has 0 aliphatic heterocycles. The molecule has 2 aromatic heterocycles. The smallest absolute Gasteiger partial charge is 0.152 e. The van der Waals surface area contributed by atoms with E-state index in [1.165, 1.54) is 0 Å². The Labute approximate surface area is 109 Å². The summed E-state index contributed by atoms with van der Waals surface area (Å²) in [6.45, 7) is 0. The van der Waals surface area contributed by atoms with Gasteiger partial charge in [-0.15, -0.1) is 0 Å². The van der Waals surface area contributed by atoms with Crippen molar-refractivity contribution >= 4 is 22.6 Å². The number of aromatic nitrogens is 1. The lowest BCUT2D eigenvalue weighted by Gasteiger charge is -2.06. The van der Waals surface area contributed by atoms with Crippen LogP contribution in [-0.2, 0) is 0 Å². The molecule has 2 N–H and O–H groups in total. The molecule has 90 valence electrons. The highest BCUT2D eigenvalue weighted by molar-refractivity contribution is 6.34. The number of para-hydroxylation sites is 1. The molecule has 18 heavy (non-hydrogen) atoms. The van der Waals surface area contributed by atoms with Gasteiger partial charge in [0, 0.05) is 11.6 Å². The molecule has 2 heterocycles. The third kappa shape index (κ3) is 1.88. The van der Waals surface area contributed by atoms with E-state index in [0.29, 0.717) is 16.4 Å². The van der Waals surface area contributed by atoms with E-state index in [1.807, 2.05) is 36.4 Å². The maximum atomic E-state index is 6.13. The molecule has 0 fully saturated rings. The largest absolute Gasteiger partial charge is 0.457 e. The van der Waals surface area contributed by atoms with Gasteiger partial charge in [-0.1, -0.05) is 29.8 Å². The van der Waals surface area contributed by atoms with Crippen LogP contribution >= 0.6 is 11.6 Å². The third-order valence-corrected chi connectivity index (χ3v) is 3.13. The van der Waals surface area contributed by atoms with E-state index < -0.39 is 0 Å². The van der Waals surface area contributed by atoms with Gasteiger partial charge in [-0.2, -0.15) is 0 Å². The number of hydrogen-bond donors (Lipinski definition) is 1. The minimum absolute atomic E-state index is 0.380. The highest BCUT2D eigenvalue weighted by atomic mass is 35.5. The summed E-state index contributed by atoms with van der Waals surface area (Å²) in [6.07, 6.45) is 1.71. The van der Waals surface area contributed by atoms with Gasteiger partial charge in [0.15, 0.2) is 5.58 Å². The second-order valence-corrected chi connectivity index (χ2v) is 4.45. The van der Waals surface area contributed by atoms with Crippen molar-refractivity contribution in [2.24, 2.45) is 5.73 Å². The molecule has 0 saturated carbocycles. The summed E-state index contributed by atoms with van der Waals surface area (Å²) in [5.41, 5.74) is 7.57. The third-order valence-electron chi connectivity index (χ3n) is 2.83. The van der Waals surface area contributed by atoms with E-state index in [1.54, 1.807) is 12.3 Å². The van der Waals surface area contributed by atoms with Gasteiger partial charge in [-0.05, 0) is 24.3 Å². The minimum Gasteiger partial charge on any atom is -0.457 e. The van der Waals surface area contributed by atoms with Crippen molar-refractivity contribution in [1.29, 1.82) is 0 Å². The van der Waals surface area contributed by atoms with Gasteiger partial charge in [0.2, 0.25) is 0 Å². The van der Waals surface area contributed by atoms with Crippen molar-refractivity contribution in [3.8, 4) is 0 Å². The van der Waals surface area contributed by atoms with E-state index >= 15 is 0 Å². The zero-order chi connectivity index (χ0) is 12.5. The van der Waals surface area contributed by atoms with E-state index in [2.05, 4.69) is 4.98 Å². The Morgan fingerprint density at radius 2 is 2.06 bits per heavy atom. The number of furan rings is 1. The number of fused-ring (bicyclic) bond motifs is 1. The number of nitrogens with zero attached hydrogens (tertiary/aromatic N) is 1. The zero-order valence-electron chi connectivity index (χ0n) is 9.51. The predicted molar refractivity (Wildman–Crippen MR) is 71.5 cm³/mol. The van der Waals surface area contributed by atoms with E-state index in [9.17, 15) is 0 Å². The summed E-state index contributed by atoms with van der Waals surface area (Å²) in [7, 11) is 0. The van der Waals surface area contributed by atoms with Crippen molar-refractivity contribution in [3.05, 3.63) is 65.1 Å². The molecule has 0 aliphatic rings. The maximum Gasteiger partial charge on any atom is 0.152 e. The summed E-state index contributed by atoms with van der Waals surface area (Å²) < 4.78 is 5.72. The van der Waals surface area contributed by atoms with Gasteiger partial charge in [0.25, 0.3) is 0 Å². The number of benzene rings is 1. The minimum atomic E-state index is -0.380. The standard InChI is InChI=1S/C14H11ClN2O/c15-10-5-3-4-9-8-12(18-14(9)10)13(16)11-6-1-2-7-17-11/h1-8,13H,16H2. The SMILES string of the molecule is NC(c1ccccn1)c1cc2cccc(Cl)c2o1. The fraction of sp³-hybridized carbons (Fsp3) is 0.0714. The Kier molecular flexibility index (Phi) is 2.78. The van der Waals surface area contributed by atoms with Crippen LogP contribution in [0, 0.1) is 0 Å². The lowest BCUT2D eigenvalue weighted by atomic mass is 10.1. The summed E-state index contributed by atoms with van der Waals surface area (Å²) >= 11 is 6.07. The van der Waals surface area contributed by atoms with Gasteiger partial charge >= 0.3 is 0 Å². The van der Waals surface area contributed by atoms with E-state index in [0.717, 1.165) is 11.1 Å². The molecular formula is C14H11ClN2O. The zero-order valence-corrected chi connectivity index (χ0v) is 10.3. The van der Waals surface area contributed by atoms with Crippen LogP contribution in [0.1, 0.15) is 17.5 Å². The highest BCUT2D eigenvalue weighted by Crippen LogP contribution is 2.30. The fourth-order valence-electron chi connectivity index (χ4n) is 1.91. The van der Waals surface area contributed by atoms with E-state index in [4.69, 9.17) is 21.8 Å². The van der Waals surface area contributed by atoms with Crippen LogP contribution in [0.4, 0.5) is 0 Å². The van der Waals surface area contributed by atoms with Crippen LogP contribution in [-0.4, -0.2) is 4.98 Å². The fourth-order valence-corrected chi connectivity index (χ4v) is 2.13. The van der Waals surface area contributed by atoms with Crippen LogP contribution in [0.5, 0.6) is 0 Å². The topological polar surface area (TPSA) is 52.0 Å². The van der Waals surface area contributed by atoms with Gasteiger partial charge in [-0.3, -0.25) is 4.98 Å². The number of pyridine rings is 1. The Bertz CT molecular complexity index is 679. The second-order valence-electron chi connectivity index (χ2n) is 4.04. The Morgan fingerprint density at radius 3 is 2.78 bits per heavy atom. The number of rotatable bonds is 2. The normalized spacial score (nSPS) is 12.8. The molecule has 4 heteroatoms. The van der Waals surface area contributed by atoms with Gasteiger partial charge < -0.3 is 10.2 Å². The summed E-state index contributed by atoms with van der Waals surface area (Å²) in [5, 5.41) is 1.54. The predicted octanol–water partition coefficient (Wildman–Crippen LogP) is 3.53. The van der Waals surface area contributed by atoms with Crippen LogP contribution in [0.2, 0.25) is 5.02 Å². The molecular weight excluding hydrogens is 248 g/mol. The molecule has 0 saturated heterocycles. The molecule has 1 aromatic carbocycles. The Hall–Kier alpha value is -1.84. The first kappa shape index (κ1) is 11.3. The molecule has 0 amide bonds. The van der Waals surface area contributed by atoms with E-state index in [-0.39, 0.29) is 6.04 Å². The van der Waals surface area contributed by atoms with Crippen LogP contribution < -0.4 is 5.73 Å². The molecule has 3 nitrogen and oxygen atoms in total. The highest BCUT2D eigenvalue weighted by Gasteiger charge is 2.16. The molecule has 0 aliphatic carbocycles. The quantitative estimate of drug-likeness (QED) is 0.765. The number of halogens is 1. The molecule has 1 atom stereocenters. The van der Waals surface area contributed by atoms with Crippen molar-refractivity contribution in [1.82, 2.24) is 4.98 Å². The molecule has 3 aromatic rings.